The van der Waals surface area contributed by atoms with Crippen molar-refractivity contribution in [3.63, 3.8) is 0 Å². The molecule has 1 heterocycles. The number of methoxy groups -OCH3 is 1. The first-order valence-electron chi connectivity index (χ1n) is 12.1. The number of nitrogens with one attached hydrogen (secondary N) is 1. The maximum Gasteiger partial charge on any atom is 0.321 e. The lowest BCUT2D eigenvalue weighted by Gasteiger charge is -2.27. The molecule has 4 rings (SSSR count). The fourth-order valence-corrected chi connectivity index (χ4v) is 4.28. The Hall–Kier alpha value is -3.84. The van der Waals surface area contributed by atoms with Gasteiger partial charge in [0.1, 0.15) is 30.2 Å². The zero-order chi connectivity index (χ0) is 25.7. The van der Waals surface area contributed by atoms with Crippen molar-refractivity contribution in [2.24, 2.45) is 0 Å². The second-order valence-electron chi connectivity index (χ2n) is 9.26. The van der Waals surface area contributed by atoms with E-state index in [1.54, 1.807) is 24.1 Å². The summed E-state index contributed by atoms with van der Waals surface area (Å²) >= 11 is 0. The number of benzene rings is 3. The molecule has 0 aliphatic carbocycles. The molecule has 0 saturated heterocycles. The van der Waals surface area contributed by atoms with Crippen LogP contribution in [0.1, 0.15) is 36.5 Å². The molecule has 1 amide bonds. The van der Waals surface area contributed by atoms with E-state index in [-0.39, 0.29) is 18.9 Å². The third-order valence-corrected chi connectivity index (χ3v) is 6.41. The Morgan fingerprint density at radius 2 is 1.72 bits per heavy atom. The third kappa shape index (κ3) is 5.86. The number of para-hydroxylation sites is 2. The second-order valence-corrected chi connectivity index (χ2v) is 9.26. The number of carboxylic acids is 1. The van der Waals surface area contributed by atoms with E-state index in [9.17, 15) is 14.7 Å². The SMILES string of the molecule is COc1ccc(C[C@@H](N[C@H]2COc3ccccc3N(Cc3ccc(C(C)C)cc3)C2=O)C(=O)O)cc1. The minimum absolute atomic E-state index is 0.0328. The minimum atomic E-state index is -1.03. The minimum Gasteiger partial charge on any atom is -0.497 e. The predicted octanol–water partition coefficient (Wildman–Crippen LogP) is 4.40. The van der Waals surface area contributed by atoms with Crippen molar-refractivity contribution in [3.8, 4) is 11.5 Å². The first kappa shape index (κ1) is 25.3. The molecular weight excluding hydrogens is 456 g/mol. The average Bonchev–Trinajstić information content (AvgIpc) is 3.01. The summed E-state index contributed by atoms with van der Waals surface area (Å²) in [6, 6.07) is 21.0. The number of ether oxygens (including phenoxy) is 2. The van der Waals surface area contributed by atoms with Gasteiger partial charge in [-0.15, -0.1) is 0 Å². The molecule has 1 aliphatic rings. The van der Waals surface area contributed by atoms with Gasteiger partial charge in [0, 0.05) is 0 Å². The summed E-state index contributed by atoms with van der Waals surface area (Å²) in [5.74, 6) is 0.446. The Labute approximate surface area is 211 Å². The summed E-state index contributed by atoms with van der Waals surface area (Å²) in [5.41, 5.74) is 3.70. The van der Waals surface area contributed by atoms with Gasteiger partial charge in [0.05, 0.1) is 19.3 Å². The van der Waals surface area contributed by atoms with Gasteiger partial charge >= 0.3 is 5.97 Å². The van der Waals surface area contributed by atoms with E-state index in [0.29, 0.717) is 29.6 Å². The quantitative estimate of drug-likeness (QED) is 0.464. The number of anilines is 1. The van der Waals surface area contributed by atoms with Crippen LogP contribution in [0.25, 0.3) is 0 Å². The lowest BCUT2D eigenvalue weighted by Crippen LogP contribution is -2.54. The highest BCUT2D eigenvalue weighted by atomic mass is 16.5. The van der Waals surface area contributed by atoms with Crippen LogP contribution in [-0.2, 0) is 22.6 Å². The summed E-state index contributed by atoms with van der Waals surface area (Å²) in [6.07, 6.45) is 0.215. The van der Waals surface area contributed by atoms with E-state index in [2.05, 4.69) is 31.3 Å². The van der Waals surface area contributed by atoms with E-state index in [0.717, 1.165) is 11.1 Å². The molecule has 0 radical (unpaired) electrons. The fourth-order valence-electron chi connectivity index (χ4n) is 4.28. The van der Waals surface area contributed by atoms with Gasteiger partial charge in [0.25, 0.3) is 0 Å². The first-order chi connectivity index (χ1) is 17.4. The van der Waals surface area contributed by atoms with Crippen LogP contribution in [0, 0.1) is 0 Å². The molecule has 3 aromatic carbocycles. The number of carbonyl (C=O) groups excluding carboxylic acids is 1. The molecule has 0 unspecified atom stereocenters. The van der Waals surface area contributed by atoms with Crippen molar-refractivity contribution in [2.75, 3.05) is 18.6 Å². The molecular formula is C29H32N2O5. The smallest absolute Gasteiger partial charge is 0.321 e. The molecule has 0 bridgehead atoms. The number of fused-ring (bicyclic) bond motifs is 1. The number of nitrogens with zero attached hydrogens (tertiary/aromatic N) is 1. The van der Waals surface area contributed by atoms with Crippen LogP contribution in [0.5, 0.6) is 11.5 Å². The molecule has 2 N–H and O–H groups in total. The second kappa shape index (κ2) is 11.3. The van der Waals surface area contributed by atoms with Crippen molar-refractivity contribution in [1.29, 1.82) is 0 Å². The Balaban J connectivity index is 1.57. The topological polar surface area (TPSA) is 88.1 Å². The standard InChI is InChI=1S/C29H32N2O5/c1-19(2)22-12-8-21(9-13-22)17-31-26-6-4-5-7-27(26)36-18-25(28(31)32)30-24(29(33)34)16-20-10-14-23(35-3)15-11-20/h4-15,19,24-25,30H,16-18H2,1-3H3,(H,33,34)/t24-,25+/m1/s1. The molecule has 0 fully saturated rings. The molecule has 188 valence electrons. The lowest BCUT2D eigenvalue weighted by molar-refractivity contribution is -0.140. The molecule has 3 aromatic rings. The average molecular weight is 489 g/mol. The molecule has 0 aromatic heterocycles. The number of rotatable bonds is 9. The summed E-state index contributed by atoms with van der Waals surface area (Å²) in [6.45, 7) is 4.67. The van der Waals surface area contributed by atoms with Crippen molar-refractivity contribution in [2.45, 2.75) is 44.8 Å². The van der Waals surface area contributed by atoms with Gasteiger partial charge in [-0.2, -0.15) is 0 Å². The zero-order valence-electron chi connectivity index (χ0n) is 20.8. The molecule has 1 aliphatic heterocycles. The van der Waals surface area contributed by atoms with Gasteiger partial charge in [0.15, 0.2) is 0 Å². The van der Waals surface area contributed by atoms with E-state index >= 15 is 0 Å². The van der Waals surface area contributed by atoms with Crippen LogP contribution in [0.15, 0.2) is 72.8 Å². The molecule has 7 nitrogen and oxygen atoms in total. The number of carboxylic acid groups (broad SMARTS) is 1. The van der Waals surface area contributed by atoms with Crippen molar-refractivity contribution in [1.82, 2.24) is 5.32 Å². The molecule has 7 heteroatoms. The van der Waals surface area contributed by atoms with Crippen molar-refractivity contribution < 1.29 is 24.2 Å². The van der Waals surface area contributed by atoms with E-state index in [4.69, 9.17) is 9.47 Å². The fraction of sp³-hybridized carbons (Fsp3) is 0.310. The molecule has 0 saturated carbocycles. The highest BCUT2D eigenvalue weighted by Gasteiger charge is 2.34. The number of carbonyl (C=O) groups is 2. The van der Waals surface area contributed by atoms with E-state index < -0.39 is 18.1 Å². The summed E-state index contributed by atoms with van der Waals surface area (Å²) < 4.78 is 11.2. The normalized spacial score (nSPS) is 16.2. The largest absolute Gasteiger partial charge is 0.497 e. The van der Waals surface area contributed by atoms with Gasteiger partial charge in [-0.3, -0.25) is 14.9 Å². The van der Waals surface area contributed by atoms with Crippen LogP contribution in [0.3, 0.4) is 0 Å². The number of hydrogen-bond acceptors (Lipinski definition) is 5. The molecule has 2 atom stereocenters. The van der Waals surface area contributed by atoms with Gasteiger partial charge in [-0.1, -0.05) is 62.4 Å². The maximum atomic E-state index is 13.8. The van der Waals surface area contributed by atoms with E-state index in [1.807, 2.05) is 48.5 Å². The monoisotopic (exact) mass is 488 g/mol. The Kier molecular flexibility index (Phi) is 7.90. The van der Waals surface area contributed by atoms with Crippen LogP contribution < -0.4 is 19.7 Å². The zero-order valence-corrected chi connectivity index (χ0v) is 20.8. The predicted molar refractivity (Wildman–Crippen MR) is 139 cm³/mol. The Morgan fingerprint density at radius 1 is 1.06 bits per heavy atom. The molecule has 36 heavy (non-hydrogen) atoms. The number of amides is 1. The number of hydrogen-bond donors (Lipinski definition) is 2. The van der Waals surface area contributed by atoms with Crippen molar-refractivity contribution >= 4 is 17.6 Å². The van der Waals surface area contributed by atoms with Crippen LogP contribution in [0.4, 0.5) is 5.69 Å². The highest BCUT2D eigenvalue weighted by molar-refractivity contribution is 5.99. The highest BCUT2D eigenvalue weighted by Crippen LogP contribution is 2.32. The van der Waals surface area contributed by atoms with Gasteiger partial charge < -0.3 is 19.5 Å². The third-order valence-electron chi connectivity index (χ3n) is 6.41. The van der Waals surface area contributed by atoms with Crippen LogP contribution in [-0.4, -0.2) is 42.8 Å². The number of aliphatic carboxylic acids is 1. The van der Waals surface area contributed by atoms with Crippen LogP contribution >= 0.6 is 0 Å². The van der Waals surface area contributed by atoms with Crippen LogP contribution in [0.2, 0.25) is 0 Å². The van der Waals surface area contributed by atoms with Crippen molar-refractivity contribution in [3.05, 3.63) is 89.5 Å². The lowest BCUT2D eigenvalue weighted by atomic mass is 10.0. The van der Waals surface area contributed by atoms with Gasteiger partial charge in [-0.05, 0) is 53.3 Å². The first-order valence-corrected chi connectivity index (χ1v) is 12.1. The molecule has 0 spiro atoms. The Bertz CT molecular complexity index is 1190. The van der Waals surface area contributed by atoms with E-state index in [1.165, 1.54) is 5.56 Å². The Morgan fingerprint density at radius 3 is 2.36 bits per heavy atom. The summed E-state index contributed by atoms with van der Waals surface area (Å²) in [7, 11) is 1.58. The van der Waals surface area contributed by atoms with Gasteiger partial charge in [0.2, 0.25) is 5.91 Å². The van der Waals surface area contributed by atoms with Gasteiger partial charge in [-0.25, -0.2) is 0 Å². The summed E-state index contributed by atoms with van der Waals surface area (Å²) in [5, 5.41) is 13.0. The maximum absolute atomic E-state index is 13.8. The summed E-state index contributed by atoms with van der Waals surface area (Å²) in [4.78, 5) is 27.6.